The number of carbonyl (C=O) groups excluding carboxylic acids is 1. The fraction of sp³-hybridized carbons (Fsp3) is 0.933. The van der Waals surface area contributed by atoms with Crippen molar-refractivity contribution in [1.82, 2.24) is 10.6 Å². The third-order valence-corrected chi connectivity index (χ3v) is 4.49. The summed E-state index contributed by atoms with van der Waals surface area (Å²) in [6, 6.07) is 0. The molecule has 2 rings (SSSR count). The topological polar surface area (TPSA) is 50.4 Å². The van der Waals surface area contributed by atoms with Crippen LogP contribution in [0.5, 0.6) is 0 Å². The Balaban J connectivity index is 1.84. The highest BCUT2D eigenvalue weighted by molar-refractivity contribution is 5.83. The number of ether oxygens (including phenoxy) is 1. The van der Waals surface area contributed by atoms with Gasteiger partial charge < -0.3 is 15.4 Å². The van der Waals surface area contributed by atoms with Crippen LogP contribution in [0.1, 0.15) is 45.4 Å². The predicted molar refractivity (Wildman–Crippen MR) is 76.0 cm³/mol. The molecule has 1 amide bonds. The first-order valence-electron chi connectivity index (χ1n) is 7.83. The van der Waals surface area contributed by atoms with E-state index in [0.717, 1.165) is 65.0 Å². The third kappa shape index (κ3) is 3.93. The lowest BCUT2D eigenvalue weighted by Crippen LogP contribution is -2.51. The van der Waals surface area contributed by atoms with E-state index >= 15 is 0 Å². The fourth-order valence-corrected chi connectivity index (χ4v) is 3.36. The molecule has 2 fully saturated rings. The van der Waals surface area contributed by atoms with Gasteiger partial charge in [0, 0.05) is 19.7 Å². The molecule has 110 valence electrons. The van der Waals surface area contributed by atoms with Crippen LogP contribution in [0.4, 0.5) is 0 Å². The summed E-state index contributed by atoms with van der Waals surface area (Å²) >= 11 is 0. The van der Waals surface area contributed by atoms with E-state index in [-0.39, 0.29) is 11.3 Å². The molecule has 0 aromatic rings. The van der Waals surface area contributed by atoms with Gasteiger partial charge in [-0.15, -0.1) is 0 Å². The lowest BCUT2D eigenvalue weighted by Gasteiger charge is -2.36. The zero-order valence-corrected chi connectivity index (χ0v) is 12.2. The third-order valence-electron chi connectivity index (χ3n) is 4.49. The van der Waals surface area contributed by atoms with Crippen LogP contribution in [-0.2, 0) is 9.53 Å². The van der Waals surface area contributed by atoms with Gasteiger partial charge in [-0.3, -0.25) is 4.79 Å². The van der Waals surface area contributed by atoms with E-state index in [1.54, 1.807) is 0 Å². The van der Waals surface area contributed by atoms with Gasteiger partial charge in [-0.2, -0.15) is 0 Å². The molecule has 0 spiro atoms. The number of nitrogens with one attached hydrogen (secondary N) is 2. The summed E-state index contributed by atoms with van der Waals surface area (Å²) in [6.45, 7) is 6.53. The second-order valence-electron chi connectivity index (χ2n) is 6.10. The Morgan fingerprint density at radius 2 is 2.37 bits per heavy atom. The minimum atomic E-state index is -0.164. The quantitative estimate of drug-likeness (QED) is 0.798. The molecule has 4 nitrogen and oxygen atoms in total. The second-order valence-corrected chi connectivity index (χ2v) is 6.10. The van der Waals surface area contributed by atoms with E-state index in [0.29, 0.717) is 5.92 Å². The van der Waals surface area contributed by atoms with E-state index in [1.165, 1.54) is 6.42 Å². The van der Waals surface area contributed by atoms with Crippen molar-refractivity contribution in [3.05, 3.63) is 0 Å². The van der Waals surface area contributed by atoms with Crippen molar-refractivity contribution in [3.8, 4) is 0 Å². The van der Waals surface area contributed by atoms with Crippen molar-refractivity contribution in [2.24, 2.45) is 11.3 Å². The Morgan fingerprint density at radius 3 is 3.00 bits per heavy atom. The van der Waals surface area contributed by atoms with E-state index in [1.807, 2.05) is 0 Å². The van der Waals surface area contributed by atoms with Crippen molar-refractivity contribution in [2.45, 2.75) is 45.4 Å². The molecular formula is C15H28N2O2. The van der Waals surface area contributed by atoms with Gasteiger partial charge >= 0.3 is 0 Å². The first-order chi connectivity index (χ1) is 9.27. The average molecular weight is 268 g/mol. The molecule has 4 heteroatoms. The molecule has 0 aromatic heterocycles. The van der Waals surface area contributed by atoms with E-state index in [2.05, 4.69) is 17.6 Å². The summed E-state index contributed by atoms with van der Waals surface area (Å²) in [5, 5.41) is 6.58. The van der Waals surface area contributed by atoms with Crippen molar-refractivity contribution in [2.75, 3.05) is 32.8 Å². The van der Waals surface area contributed by atoms with Gasteiger partial charge in [-0.1, -0.05) is 13.3 Å². The minimum absolute atomic E-state index is 0.164. The molecule has 2 unspecified atom stereocenters. The van der Waals surface area contributed by atoms with Gasteiger partial charge in [-0.05, 0) is 44.6 Å². The number of rotatable bonds is 5. The van der Waals surface area contributed by atoms with Crippen LogP contribution in [0.2, 0.25) is 0 Å². The van der Waals surface area contributed by atoms with Crippen LogP contribution >= 0.6 is 0 Å². The van der Waals surface area contributed by atoms with Crippen molar-refractivity contribution >= 4 is 5.91 Å². The Hall–Kier alpha value is -0.610. The maximum atomic E-state index is 12.6. The first-order valence-corrected chi connectivity index (χ1v) is 7.83. The SMILES string of the molecule is CCCC1(C(=O)NCC2CCCOC2)CCCNC1. The lowest BCUT2D eigenvalue weighted by molar-refractivity contribution is -0.133. The predicted octanol–water partition coefficient (Wildman–Crippen LogP) is 1.70. The maximum Gasteiger partial charge on any atom is 0.227 e. The summed E-state index contributed by atoms with van der Waals surface area (Å²) in [6.07, 6.45) is 6.51. The molecule has 0 radical (unpaired) electrons. The molecule has 2 saturated heterocycles. The molecule has 2 heterocycles. The molecular weight excluding hydrogens is 240 g/mol. The van der Waals surface area contributed by atoms with Crippen LogP contribution in [0.25, 0.3) is 0 Å². The smallest absolute Gasteiger partial charge is 0.227 e. The molecule has 2 aliphatic heterocycles. The zero-order chi connectivity index (χ0) is 13.6. The molecule has 0 bridgehead atoms. The van der Waals surface area contributed by atoms with Crippen LogP contribution in [-0.4, -0.2) is 38.8 Å². The molecule has 2 atom stereocenters. The molecule has 2 N–H and O–H groups in total. The summed E-state index contributed by atoms with van der Waals surface area (Å²) in [5.41, 5.74) is -0.164. The van der Waals surface area contributed by atoms with Gasteiger partial charge in [0.25, 0.3) is 0 Å². The Kier molecular flexibility index (Phi) is 5.64. The summed E-state index contributed by atoms with van der Waals surface area (Å²) in [4.78, 5) is 12.6. The number of amides is 1. The molecule has 19 heavy (non-hydrogen) atoms. The number of piperidine rings is 1. The highest BCUT2D eigenvalue weighted by atomic mass is 16.5. The fourth-order valence-electron chi connectivity index (χ4n) is 3.36. The van der Waals surface area contributed by atoms with E-state index < -0.39 is 0 Å². The summed E-state index contributed by atoms with van der Waals surface area (Å²) < 4.78 is 5.47. The highest BCUT2D eigenvalue weighted by Gasteiger charge is 2.38. The summed E-state index contributed by atoms with van der Waals surface area (Å²) in [7, 11) is 0. The minimum Gasteiger partial charge on any atom is -0.381 e. The lowest BCUT2D eigenvalue weighted by atomic mass is 9.76. The van der Waals surface area contributed by atoms with Crippen molar-refractivity contribution < 1.29 is 9.53 Å². The van der Waals surface area contributed by atoms with Gasteiger partial charge in [-0.25, -0.2) is 0 Å². The van der Waals surface area contributed by atoms with E-state index in [9.17, 15) is 4.79 Å². The molecule has 0 saturated carbocycles. The Morgan fingerprint density at radius 1 is 1.47 bits per heavy atom. The molecule has 0 aromatic carbocycles. The molecule has 0 aliphatic carbocycles. The number of carbonyl (C=O) groups is 1. The van der Waals surface area contributed by atoms with E-state index in [4.69, 9.17) is 4.74 Å². The number of hydrogen-bond donors (Lipinski definition) is 2. The van der Waals surface area contributed by atoms with Crippen molar-refractivity contribution in [1.29, 1.82) is 0 Å². The molecule has 2 aliphatic rings. The second kappa shape index (κ2) is 7.25. The van der Waals surface area contributed by atoms with Crippen LogP contribution < -0.4 is 10.6 Å². The summed E-state index contributed by atoms with van der Waals surface area (Å²) in [5.74, 6) is 0.764. The normalized spacial score (nSPS) is 31.9. The average Bonchev–Trinajstić information content (AvgIpc) is 2.47. The highest BCUT2D eigenvalue weighted by Crippen LogP contribution is 2.32. The van der Waals surface area contributed by atoms with Gasteiger partial charge in [0.2, 0.25) is 5.91 Å². The van der Waals surface area contributed by atoms with Crippen molar-refractivity contribution in [3.63, 3.8) is 0 Å². The number of hydrogen-bond acceptors (Lipinski definition) is 3. The van der Waals surface area contributed by atoms with Gasteiger partial charge in [0.05, 0.1) is 12.0 Å². The largest absolute Gasteiger partial charge is 0.381 e. The Labute approximate surface area is 116 Å². The standard InChI is InChI=1S/C15H28N2O2/c1-2-6-15(7-4-8-16-12-15)14(18)17-10-13-5-3-9-19-11-13/h13,16H,2-12H2,1H3,(H,17,18). The van der Waals surface area contributed by atoms with Crippen LogP contribution in [0.3, 0.4) is 0 Å². The first kappa shape index (κ1) is 14.8. The maximum absolute atomic E-state index is 12.6. The van der Waals surface area contributed by atoms with Crippen LogP contribution in [0.15, 0.2) is 0 Å². The van der Waals surface area contributed by atoms with Gasteiger partial charge in [0.15, 0.2) is 0 Å². The zero-order valence-electron chi connectivity index (χ0n) is 12.2. The Bertz CT molecular complexity index is 276. The van der Waals surface area contributed by atoms with Gasteiger partial charge in [0.1, 0.15) is 0 Å². The van der Waals surface area contributed by atoms with Crippen LogP contribution in [0, 0.1) is 11.3 Å². The monoisotopic (exact) mass is 268 g/mol.